The van der Waals surface area contributed by atoms with Gasteiger partial charge in [0.05, 0.1) is 22.2 Å². The van der Waals surface area contributed by atoms with E-state index in [9.17, 15) is 4.79 Å². The molecule has 0 bridgehead atoms. The van der Waals surface area contributed by atoms with Crippen LogP contribution in [0.15, 0.2) is 34.2 Å². The fourth-order valence-corrected chi connectivity index (χ4v) is 2.25. The lowest BCUT2D eigenvalue weighted by Gasteiger charge is -2.08. The van der Waals surface area contributed by atoms with Crippen molar-refractivity contribution in [1.82, 2.24) is 9.55 Å². The molecule has 0 radical (unpaired) electrons. The Morgan fingerprint density at radius 2 is 2.18 bits per heavy atom. The van der Waals surface area contributed by atoms with Gasteiger partial charge in [0.1, 0.15) is 0 Å². The summed E-state index contributed by atoms with van der Waals surface area (Å²) in [5.74, 6) is 0. The number of para-hydroxylation sites is 1. The SMILES string of the molecule is CC(C#N)Sc1nc2ccccc2c(=O)n1C. The summed E-state index contributed by atoms with van der Waals surface area (Å²) < 4.78 is 1.49. The van der Waals surface area contributed by atoms with Crippen LogP contribution in [-0.2, 0) is 7.05 Å². The van der Waals surface area contributed by atoms with Crippen LogP contribution in [-0.4, -0.2) is 14.8 Å². The second-order valence-electron chi connectivity index (χ2n) is 3.66. The summed E-state index contributed by atoms with van der Waals surface area (Å²) in [6.45, 7) is 1.78. The molecule has 1 unspecified atom stereocenters. The van der Waals surface area contributed by atoms with Crippen LogP contribution in [0.2, 0.25) is 0 Å². The third-order valence-corrected chi connectivity index (χ3v) is 3.44. The van der Waals surface area contributed by atoms with Gasteiger partial charge >= 0.3 is 0 Å². The van der Waals surface area contributed by atoms with Gasteiger partial charge in [-0.25, -0.2) is 4.98 Å². The van der Waals surface area contributed by atoms with Crippen molar-refractivity contribution in [1.29, 1.82) is 5.26 Å². The first kappa shape index (κ1) is 11.7. The second kappa shape index (κ2) is 4.60. The highest BCUT2D eigenvalue weighted by atomic mass is 32.2. The van der Waals surface area contributed by atoms with Crippen LogP contribution >= 0.6 is 11.8 Å². The van der Waals surface area contributed by atoms with Crippen LogP contribution in [0.3, 0.4) is 0 Å². The lowest BCUT2D eigenvalue weighted by molar-refractivity contribution is 0.725. The molecule has 0 amide bonds. The van der Waals surface area contributed by atoms with Crippen LogP contribution in [0.1, 0.15) is 6.92 Å². The van der Waals surface area contributed by atoms with Crippen LogP contribution < -0.4 is 5.56 Å². The summed E-state index contributed by atoms with van der Waals surface area (Å²) >= 11 is 1.29. The predicted molar refractivity (Wildman–Crippen MR) is 67.9 cm³/mol. The van der Waals surface area contributed by atoms with E-state index in [0.29, 0.717) is 16.1 Å². The fraction of sp³-hybridized carbons (Fsp3) is 0.250. The van der Waals surface area contributed by atoms with Gasteiger partial charge in [0.15, 0.2) is 5.16 Å². The molecular formula is C12H11N3OS. The Labute approximate surface area is 103 Å². The standard InChI is InChI=1S/C12H11N3OS/c1-8(7-13)17-12-14-10-6-4-3-5-9(10)11(16)15(12)2/h3-6,8H,1-2H3. The molecule has 0 aliphatic heterocycles. The maximum atomic E-state index is 12.0. The maximum absolute atomic E-state index is 12.0. The van der Waals surface area contributed by atoms with Crippen LogP contribution in [0, 0.1) is 11.3 Å². The van der Waals surface area contributed by atoms with Crippen molar-refractivity contribution >= 4 is 22.7 Å². The van der Waals surface area contributed by atoms with Gasteiger partial charge in [-0.1, -0.05) is 23.9 Å². The molecule has 86 valence electrons. The molecule has 0 fully saturated rings. The average molecular weight is 245 g/mol. The van der Waals surface area contributed by atoms with E-state index in [1.807, 2.05) is 12.1 Å². The number of nitrogens with zero attached hydrogens (tertiary/aromatic N) is 3. The molecule has 4 nitrogen and oxygen atoms in total. The topological polar surface area (TPSA) is 58.7 Å². The fourth-order valence-electron chi connectivity index (χ4n) is 1.49. The highest BCUT2D eigenvalue weighted by molar-refractivity contribution is 8.00. The summed E-state index contributed by atoms with van der Waals surface area (Å²) in [4.78, 5) is 16.4. The van der Waals surface area contributed by atoms with E-state index in [-0.39, 0.29) is 10.8 Å². The van der Waals surface area contributed by atoms with E-state index in [4.69, 9.17) is 5.26 Å². The van der Waals surface area contributed by atoms with Gasteiger partial charge in [0.25, 0.3) is 5.56 Å². The molecule has 0 spiro atoms. The first-order valence-electron chi connectivity index (χ1n) is 5.15. The van der Waals surface area contributed by atoms with Gasteiger partial charge in [-0.3, -0.25) is 9.36 Å². The van der Waals surface area contributed by atoms with Gasteiger partial charge in [-0.2, -0.15) is 5.26 Å². The van der Waals surface area contributed by atoms with E-state index in [1.54, 1.807) is 26.1 Å². The maximum Gasteiger partial charge on any atom is 0.261 e. The molecule has 17 heavy (non-hydrogen) atoms. The smallest absolute Gasteiger partial charge is 0.261 e. The van der Waals surface area contributed by atoms with Crippen molar-refractivity contribution in [2.45, 2.75) is 17.3 Å². The molecule has 1 aromatic heterocycles. The molecule has 2 rings (SSSR count). The predicted octanol–water partition coefficient (Wildman–Crippen LogP) is 1.94. The molecule has 0 saturated heterocycles. The number of hydrogen-bond acceptors (Lipinski definition) is 4. The lowest BCUT2D eigenvalue weighted by atomic mass is 10.2. The summed E-state index contributed by atoms with van der Waals surface area (Å²) in [5.41, 5.74) is 0.589. The van der Waals surface area contributed by atoms with Crippen LogP contribution in [0.4, 0.5) is 0 Å². The minimum atomic E-state index is -0.228. The Morgan fingerprint density at radius 3 is 2.88 bits per heavy atom. The number of benzene rings is 1. The molecular weight excluding hydrogens is 234 g/mol. The highest BCUT2D eigenvalue weighted by Gasteiger charge is 2.11. The number of hydrogen-bond donors (Lipinski definition) is 0. The van der Waals surface area contributed by atoms with E-state index >= 15 is 0 Å². The molecule has 1 aromatic carbocycles. The largest absolute Gasteiger partial charge is 0.290 e. The monoisotopic (exact) mass is 245 g/mol. The number of thioether (sulfide) groups is 1. The lowest BCUT2D eigenvalue weighted by Crippen LogP contribution is -2.20. The Balaban J connectivity index is 2.63. The summed E-state index contributed by atoms with van der Waals surface area (Å²) in [7, 11) is 1.67. The Morgan fingerprint density at radius 1 is 1.47 bits per heavy atom. The molecule has 1 atom stereocenters. The van der Waals surface area contributed by atoms with Crippen molar-refractivity contribution in [2.24, 2.45) is 7.05 Å². The minimum absolute atomic E-state index is 0.0803. The normalized spacial score (nSPS) is 12.3. The van der Waals surface area contributed by atoms with Gasteiger partial charge in [0, 0.05) is 7.05 Å². The minimum Gasteiger partial charge on any atom is -0.290 e. The van der Waals surface area contributed by atoms with E-state index in [2.05, 4.69) is 11.1 Å². The van der Waals surface area contributed by atoms with Crippen LogP contribution in [0.5, 0.6) is 0 Å². The molecule has 0 aliphatic rings. The van der Waals surface area contributed by atoms with Crippen molar-refractivity contribution in [3.05, 3.63) is 34.6 Å². The molecule has 0 aliphatic carbocycles. The van der Waals surface area contributed by atoms with Gasteiger partial charge in [-0.05, 0) is 19.1 Å². The third-order valence-electron chi connectivity index (χ3n) is 2.41. The van der Waals surface area contributed by atoms with Crippen molar-refractivity contribution < 1.29 is 0 Å². The van der Waals surface area contributed by atoms with E-state index in [0.717, 1.165) is 0 Å². The van der Waals surface area contributed by atoms with Gasteiger partial charge in [-0.15, -0.1) is 0 Å². The zero-order chi connectivity index (χ0) is 12.4. The Kier molecular flexibility index (Phi) is 3.16. The Hall–Kier alpha value is -1.80. The van der Waals surface area contributed by atoms with Crippen molar-refractivity contribution in [3.8, 4) is 6.07 Å². The number of aromatic nitrogens is 2. The van der Waals surface area contributed by atoms with E-state index < -0.39 is 0 Å². The number of fused-ring (bicyclic) bond motifs is 1. The molecule has 0 N–H and O–H groups in total. The number of rotatable bonds is 2. The van der Waals surface area contributed by atoms with Crippen molar-refractivity contribution in [3.63, 3.8) is 0 Å². The number of nitriles is 1. The third kappa shape index (κ3) is 2.17. The van der Waals surface area contributed by atoms with Gasteiger partial charge < -0.3 is 0 Å². The summed E-state index contributed by atoms with van der Waals surface area (Å²) in [5, 5.41) is 9.73. The second-order valence-corrected chi connectivity index (χ2v) is 4.97. The van der Waals surface area contributed by atoms with Crippen LogP contribution in [0.25, 0.3) is 10.9 Å². The van der Waals surface area contributed by atoms with Gasteiger partial charge in [0.2, 0.25) is 0 Å². The average Bonchev–Trinajstić information content (AvgIpc) is 2.35. The highest BCUT2D eigenvalue weighted by Crippen LogP contribution is 2.20. The summed E-state index contributed by atoms with van der Waals surface area (Å²) in [6, 6.07) is 9.34. The molecule has 0 saturated carbocycles. The zero-order valence-electron chi connectivity index (χ0n) is 9.54. The summed E-state index contributed by atoms with van der Waals surface area (Å²) in [6.07, 6.45) is 0. The Bertz CT molecular complexity index is 657. The molecule has 1 heterocycles. The quantitative estimate of drug-likeness (QED) is 0.599. The van der Waals surface area contributed by atoms with E-state index in [1.165, 1.54) is 16.3 Å². The zero-order valence-corrected chi connectivity index (χ0v) is 10.4. The first-order chi connectivity index (χ1) is 8.13. The first-order valence-corrected chi connectivity index (χ1v) is 6.03. The molecule has 2 aromatic rings. The molecule has 5 heteroatoms. The van der Waals surface area contributed by atoms with Crippen molar-refractivity contribution in [2.75, 3.05) is 0 Å².